The van der Waals surface area contributed by atoms with Gasteiger partial charge in [-0.25, -0.2) is 0 Å². The van der Waals surface area contributed by atoms with Crippen molar-refractivity contribution in [2.75, 3.05) is 14.7 Å². The zero-order chi connectivity index (χ0) is 46.6. The van der Waals surface area contributed by atoms with E-state index in [0.29, 0.717) is 0 Å². The Morgan fingerprint density at radius 1 is 0.200 bits per heavy atom. The molecule has 1 aromatic heterocycles. The summed E-state index contributed by atoms with van der Waals surface area (Å²) in [5.74, 6) is 0. The van der Waals surface area contributed by atoms with Crippen LogP contribution in [-0.4, -0.2) is 4.57 Å². The second-order valence-electron chi connectivity index (χ2n) is 17.4. The fraction of sp³-hybridized carbons (Fsp3) is 0. The number of para-hydroxylation sites is 5. The Kier molecular flexibility index (Phi) is 11.2. The Labute approximate surface area is 409 Å². The van der Waals surface area contributed by atoms with Gasteiger partial charge in [0.1, 0.15) is 0 Å². The van der Waals surface area contributed by atoms with Crippen molar-refractivity contribution >= 4 is 73.0 Å². The molecular formula is C66H48N4. The second kappa shape index (κ2) is 18.7. The van der Waals surface area contributed by atoms with Gasteiger partial charge in [-0.3, -0.25) is 0 Å². The van der Waals surface area contributed by atoms with Crippen molar-refractivity contribution in [1.82, 2.24) is 4.57 Å². The number of nitrogens with zero attached hydrogens (tertiary/aromatic N) is 4. The highest BCUT2D eigenvalue weighted by Crippen LogP contribution is 2.45. The molecule has 0 aliphatic carbocycles. The SMILES string of the molecule is c1ccc(-c2cccc(-c3ccc(N(c4ccccc4)c4cccc(N(c5cccc(N(c6ccccc6)c6ccccc6)c5)c5ccc6c(c5)c5ccccc5n6-c5ccccc5)c4)cc3)c2)cc1. The van der Waals surface area contributed by atoms with Crippen LogP contribution in [0.1, 0.15) is 0 Å². The summed E-state index contributed by atoms with van der Waals surface area (Å²) in [5, 5.41) is 2.39. The van der Waals surface area contributed by atoms with E-state index in [1.807, 2.05) is 0 Å². The van der Waals surface area contributed by atoms with Crippen molar-refractivity contribution in [1.29, 1.82) is 0 Å². The summed E-state index contributed by atoms with van der Waals surface area (Å²) >= 11 is 0. The van der Waals surface area contributed by atoms with Gasteiger partial charge in [0.15, 0.2) is 0 Å². The zero-order valence-corrected chi connectivity index (χ0v) is 38.5. The van der Waals surface area contributed by atoms with E-state index in [1.54, 1.807) is 0 Å². The van der Waals surface area contributed by atoms with Gasteiger partial charge in [-0.05, 0) is 150 Å². The van der Waals surface area contributed by atoms with Crippen LogP contribution in [0.15, 0.2) is 291 Å². The lowest BCUT2D eigenvalue weighted by Crippen LogP contribution is -2.14. The van der Waals surface area contributed by atoms with Crippen molar-refractivity contribution < 1.29 is 0 Å². The molecular weight excluding hydrogens is 849 g/mol. The minimum atomic E-state index is 1.03. The summed E-state index contributed by atoms with van der Waals surface area (Å²) in [4.78, 5) is 7.08. The molecule has 12 aromatic rings. The Morgan fingerprint density at radius 2 is 0.543 bits per heavy atom. The maximum atomic E-state index is 2.40. The highest BCUT2D eigenvalue weighted by atomic mass is 15.2. The molecule has 12 rings (SSSR count). The van der Waals surface area contributed by atoms with Crippen LogP contribution in [0.3, 0.4) is 0 Å². The normalized spacial score (nSPS) is 11.1. The third-order valence-electron chi connectivity index (χ3n) is 13.1. The first-order chi connectivity index (χ1) is 34.7. The highest BCUT2D eigenvalue weighted by Gasteiger charge is 2.22. The van der Waals surface area contributed by atoms with Crippen molar-refractivity contribution in [3.8, 4) is 27.9 Å². The maximum absolute atomic E-state index is 2.40. The Balaban J connectivity index is 1.01. The van der Waals surface area contributed by atoms with Crippen LogP contribution < -0.4 is 14.7 Å². The minimum Gasteiger partial charge on any atom is -0.310 e. The summed E-state index contributed by atoms with van der Waals surface area (Å²) in [6.45, 7) is 0. The van der Waals surface area contributed by atoms with Gasteiger partial charge in [0.25, 0.3) is 0 Å². The molecule has 1 heterocycles. The van der Waals surface area contributed by atoms with Gasteiger partial charge in [-0.1, -0.05) is 164 Å². The van der Waals surface area contributed by atoms with Crippen LogP contribution in [0.5, 0.6) is 0 Å². The van der Waals surface area contributed by atoms with Gasteiger partial charge in [0.05, 0.1) is 11.0 Å². The van der Waals surface area contributed by atoms with E-state index in [9.17, 15) is 0 Å². The standard InChI is InChI=1S/C66H48N4/c1-6-21-49(22-7-1)51-23-18-24-52(45-51)50-39-41-57(42-40-50)68(55-29-12-4-13-30-55)59-34-20-36-61(47-59)69(60-35-19-33-58(46-60)67(53-25-8-2-9-26-53)54-27-10-3-11-28-54)62-43-44-66-64(48-62)63-37-16-17-38-65(63)70(66)56-31-14-5-15-32-56/h1-48H. The molecule has 0 saturated carbocycles. The van der Waals surface area contributed by atoms with Crippen molar-refractivity contribution in [2.45, 2.75) is 0 Å². The van der Waals surface area contributed by atoms with E-state index in [-0.39, 0.29) is 0 Å². The number of hydrogen-bond donors (Lipinski definition) is 0. The van der Waals surface area contributed by atoms with Gasteiger partial charge >= 0.3 is 0 Å². The van der Waals surface area contributed by atoms with Crippen molar-refractivity contribution in [3.05, 3.63) is 291 Å². The molecule has 4 heteroatoms. The third-order valence-corrected chi connectivity index (χ3v) is 13.1. The fourth-order valence-corrected chi connectivity index (χ4v) is 9.88. The van der Waals surface area contributed by atoms with E-state index in [4.69, 9.17) is 0 Å². The van der Waals surface area contributed by atoms with Crippen molar-refractivity contribution in [2.24, 2.45) is 0 Å². The highest BCUT2D eigenvalue weighted by molar-refractivity contribution is 6.10. The molecule has 70 heavy (non-hydrogen) atoms. The zero-order valence-electron chi connectivity index (χ0n) is 38.5. The molecule has 0 fully saturated rings. The van der Waals surface area contributed by atoms with Crippen LogP contribution in [0.2, 0.25) is 0 Å². The summed E-state index contributed by atoms with van der Waals surface area (Å²) in [7, 11) is 0. The molecule has 0 aliphatic heterocycles. The summed E-state index contributed by atoms with van der Waals surface area (Å²) < 4.78 is 2.38. The van der Waals surface area contributed by atoms with Gasteiger partial charge in [0, 0.05) is 67.6 Å². The van der Waals surface area contributed by atoms with E-state index >= 15 is 0 Å². The molecule has 0 aliphatic rings. The average Bonchev–Trinajstić information content (AvgIpc) is 3.77. The Bertz CT molecular complexity index is 3660. The van der Waals surface area contributed by atoms with Gasteiger partial charge in [0.2, 0.25) is 0 Å². The molecule has 0 N–H and O–H groups in total. The predicted octanol–water partition coefficient (Wildman–Crippen LogP) is 18.5. The van der Waals surface area contributed by atoms with Crippen LogP contribution in [0, 0.1) is 0 Å². The minimum absolute atomic E-state index is 1.03. The molecule has 0 bridgehead atoms. The molecule has 0 atom stereocenters. The largest absolute Gasteiger partial charge is 0.310 e. The van der Waals surface area contributed by atoms with Gasteiger partial charge in [-0.2, -0.15) is 0 Å². The first kappa shape index (κ1) is 42.0. The Hall–Kier alpha value is -9.38. The molecule has 0 saturated heterocycles. The lowest BCUT2D eigenvalue weighted by molar-refractivity contribution is 1.18. The first-order valence-corrected chi connectivity index (χ1v) is 23.8. The van der Waals surface area contributed by atoms with E-state index in [2.05, 4.69) is 310 Å². The summed E-state index contributed by atoms with van der Waals surface area (Å²) in [6, 6.07) is 104. The van der Waals surface area contributed by atoms with Gasteiger partial charge < -0.3 is 19.3 Å². The Morgan fingerprint density at radius 3 is 1.07 bits per heavy atom. The number of aromatic nitrogens is 1. The van der Waals surface area contributed by atoms with Crippen molar-refractivity contribution in [3.63, 3.8) is 0 Å². The summed E-state index contributed by atoms with van der Waals surface area (Å²) in [6.07, 6.45) is 0. The van der Waals surface area contributed by atoms with E-state index in [1.165, 1.54) is 38.5 Å². The molecule has 0 spiro atoms. The molecule has 4 nitrogen and oxygen atoms in total. The van der Waals surface area contributed by atoms with E-state index in [0.717, 1.165) is 62.4 Å². The number of benzene rings is 11. The average molecular weight is 897 g/mol. The molecule has 11 aromatic carbocycles. The van der Waals surface area contributed by atoms with Crippen LogP contribution >= 0.6 is 0 Å². The predicted molar refractivity (Wildman–Crippen MR) is 296 cm³/mol. The second-order valence-corrected chi connectivity index (χ2v) is 17.4. The maximum Gasteiger partial charge on any atom is 0.0542 e. The van der Waals surface area contributed by atoms with Gasteiger partial charge in [-0.15, -0.1) is 0 Å². The lowest BCUT2D eigenvalue weighted by atomic mass is 9.99. The van der Waals surface area contributed by atoms with Crippen LogP contribution in [0.4, 0.5) is 51.2 Å². The third kappa shape index (κ3) is 8.14. The summed E-state index contributed by atoms with van der Waals surface area (Å²) in [5.41, 5.74) is 17.7. The lowest BCUT2D eigenvalue weighted by Gasteiger charge is -2.31. The molecule has 0 radical (unpaired) electrons. The van der Waals surface area contributed by atoms with E-state index < -0.39 is 0 Å². The van der Waals surface area contributed by atoms with Crippen LogP contribution in [0.25, 0.3) is 49.7 Å². The van der Waals surface area contributed by atoms with Crippen LogP contribution in [-0.2, 0) is 0 Å². The number of anilines is 9. The molecule has 0 unspecified atom stereocenters. The first-order valence-electron chi connectivity index (χ1n) is 23.8. The number of rotatable bonds is 12. The molecule has 332 valence electrons. The monoisotopic (exact) mass is 896 g/mol. The fourth-order valence-electron chi connectivity index (χ4n) is 9.88. The number of fused-ring (bicyclic) bond motifs is 3. The topological polar surface area (TPSA) is 14.7 Å². The smallest absolute Gasteiger partial charge is 0.0542 e. The molecule has 0 amide bonds. The number of hydrogen-bond acceptors (Lipinski definition) is 3. The quantitative estimate of drug-likeness (QED) is 0.121.